The number of hydrogen-bond acceptors (Lipinski definition) is 4. The molecule has 0 unspecified atom stereocenters. The second kappa shape index (κ2) is 4.32. The quantitative estimate of drug-likeness (QED) is 0.882. The molecule has 82 valence electrons. The molecule has 0 fully saturated rings. The minimum atomic E-state index is -1.06. The second-order valence-corrected chi connectivity index (χ2v) is 3.46. The van der Waals surface area contributed by atoms with Crippen molar-refractivity contribution in [1.29, 1.82) is 0 Å². The molecule has 16 heavy (non-hydrogen) atoms. The van der Waals surface area contributed by atoms with Gasteiger partial charge in [0, 0.05) is 5.02 Å². The van der Waals surface area contributed by atoms with E-state index < -0.39 is 12.6 Å². The fourth-order valence-electron chi connectivity index (χ4n) is 1.25. The van der Waals surface area contributed by atoms with Gasteiger partial charge in [-0.3, -0.25) is 0 Å². The lowest BCUT2D eigenvalue weighted by Gasteiger charge is -2.05. The maximum absolute atomic E-state index is 10.4. The Hall–Kier alpha value is -1.88. The number of carboxylic acid groups (broad SMARTS) is 1. The van der Waals surface area contributed by atoms with Crippen molar-refractivity contribution in [3.63, 3.8) is 0 Å². The van der Waals surface area contributed by atoms with Crippen molar-refractivity contribution in [3.8, 4) is 5.88 Å². The third-order valence-electron chi connectivity index (χ3n) is 1.89. The molecule has 5 nitrogen and oxygen atoms in total. The molecule has 0 bridgehead atoms. The summed E-state index contributed by atoms with van der Waals surface area (Å²) in [6, 6.07) is 5.04. The number of aliphatic carboxylic acids is 1. The standard InChI is InChI=1S/C10H7ClN2O3/c11-6-1-2-8-7(3-6)10(13-5-12-8)16-4-9(14)15/h1-3,5H,4H2,(H,14,15). The number of halogens is 1. The minimum Gasteiger partial charge on any atom is -0.479 e. The van der Waals surface area contributed by atoms with Crippen LogP contribution in [-0.2, 0) is 4.79 Å². The molecule has 0 amide bonds. The highest BCUT2D eigenvalue weighted by atomic mass is 35.5. The van der Waals surface area contributed by atoms with E-state index in [1.165, 1.54) is 6.33 Å². The van der Waals surface area contributed by atoms with Gasteiger partial charge in [-0.1, -0.05) is 11.6 Å². The van der Waals surface area contributed by atoms with Crippen LogP contribution in [0.1, 0.15) is 0 Å². The van der Waals surface area contributed by atoms with Crippen LogP contribution in [0.15, 0.2) is 24.5 Å². The number of carboxylic acids is 1. The van der Waals surface area contributed by atoms with Crippen LogP contribution in [0.3, 0.4) is 0 Å². The monoisotopic (exact) mass is 238 g/mol. The Labute approximate surface area is 95.7 Å². The first kappa shape index (κ1) is 10.6. The van der Waals surface area contributed by atoms with Crippen LogP contribution in [0, 0.1) is 0 Å². The van der Waals surface area contributed by atoms with Crippen LogP contribution in [0.5, 0.6) is 5.88 Å². The molecule has 2 rings (SSSR count). The Balaban J connectivity index is 2.43. The van der Waals surface area contributed by atoms with E-state index >= 15 is 0 Å². The average Bonchev–Trinajstić information content (AvgIpc) is 2.26. The van der Waals surface area contributed by atoms with Crippen molar-refractivity contribution in [2.45, 2.75) is 0 Å². The van der Waals surface area contributed by atoms with Crippen LogP contribution < -0.4 is 4.74 Å². The first-order valence-electron chi connectivity index (χ1n) is 4.41. The molecular weight excluding hydrogens is 232 g/mol. The van der Waals surface area contributed by atoms with Gasteiger partial charge < -0.3 is 9.84 Å². The van der Waals surface area contributed by atoms with Crippen LogP contribution in [-0.4, -0.2) is 27.7 Å². The van der Waals surface area contributed by atoms with Crippen molar-refractivity contribution < 1.29 is 14.6 Å². The summed E-state index contributed by atoms with van der Waals surface area (Å²) < 4.78 is 5.03. The van der Waals surface area contributed by atoms with Gasteiger partial charge in [-0.15, -0.1) is 0 Å². The molecule has 1 aromatic carbocycles. The minimum absolute atomic E-state index is 0.218. The van der Waals surface area contributed by atoms with Gasteiger partial charge in [-0.05, 0) is 18.2 Å². The predicted octanol–water partition coefficient (Wildman–Crippen LogP) is 1.75. The lowest BCUT2D eigenvalue weighted by Crippen LogP contribution is -2.10. The number of aromatic nitrogens is 2. The maximum Gasteiger partial charge on any atom is 0.341 e. The summed E-state index contributed by atoms with van der Waals surface area (Å²) in [5, 5.41) is 9.62. The molecule has 1 aromatic heterocycles. The van der Waals surface area contributed by atoms with E-state index in [-0.39, 0.29) is 5.88 Å². The van der Waals surface area contributed by atoms with E-state index in [1.54, 1.807) is 18.2 Å². The van der Waals surface area contributed by atoms with Gasteiger partial charge >= 0.3 is 5.97 Å². The highest BCUT2D eigenvalue weighted by molar-refractivity contribution is 6.31. The summed E-state index contributed by atoms with van der Waals surface area (Å²) in [6.45, 7) is -0.446. The second-order valence-electron chi connectivity index (χ2n) is 3.02. The Bertz CT molecular complexity index is 545. The van der Waals surface area contributed by atoms with Crippen molar-refractivity contribution >= 4 is 28.5 Å². The van der Waals surface area contributed by atoms with Gasteiger partial charge in [0.25, 0.3) is 0 Å². The highest BCUT2D eigenvalue weighted by Gasteiger charge is 2.07. The fourth-order valence-corrected chi connectivity index (χ4v) is 1.42. The summed E-state index contributed by atoms with van der Waals surface area (Å²) in [5.41, 5.74) is 0.653. The number of nitrogens with zero attached hydrogens (tertiary/aromatic N) is 2. The largest absolute Gasteiger partial charge is 0.479 e. The zero-order chi connectivity index (χ0) is 11.5. The first-order chi connectivity index (χ1) is 7.66. The molecule has 0 saturated carbocycles. The van der Waals surface area contributed by atoms with E-state index in [4.69, 9.17) is 21.4 Å². The number of rotatable bonds is 3. The predicted molar refractivity (Wildman–Crippen MR) is 57.7 cm³/mol. The van der Waals surface area contributed by atoms with Crippen molar-refractivity contribution in [2.75, 3.05) is 6.61 Å². The molecule has 1 heterocycles. The molecule has 0 aliphatic heterocycles. The molecule has 0 atom stereocenters. The molecule has 0 aliphatic rings. The number of benzene rings is 1. The van der Waals surface area contributed by atoms with Gasteiger partial charge in [0.2, 0.25) is 5.88 Å². The van der Waals surface area contributed by atoms with E-state index in [0.29, 0.717) is 15.9 Å². The third kappa shape index (κ3) is 2.20. The zero-order valence-corrected chi connectivity index (χ0v) is 8.81. The number of carbonyl (C=O) groups is 1. The zero-order valence-electron chi connectivity index (χ0n) is 8.05. The van der Waals surface area contributed by atoms with Gasteiger partial charge in [0.1, 0.15) is 6.33 Å². The maximum atomic E-state index is 10.4. The molecule has 0 radical (unpaired) electrons. The third-order valence-corrected chi connectivity index (χ3v) is 2.13. The van der Waals surface area contributed by atoms with Crippen LogP contribution >= 0.6 is 11.6 Å². The van der Waals surface area contributed by atoms with Crippen LogP contribution in [0.4, 0.5) is 0 Å². The van der Waals surface area contributed by atoms with E-state index in [0.717, 1.165) is 0 Å². The van der Waals surface area contributed by atoms with Gasteiger partial charge in [-0.2, -0.15) is 0 Å². The lowest BCUT2D eigenvalue weighted by atomic mass is 10.2. The van der Waals surface area contributed by atoms with Gasteiger partial charge in [0.05, 0.1) is 10.9 Å². The summed E-state index contributed by atoms with van der Waals surface area (Å²) in [4.78, 5) is 18.3. The average molecular weight is 239 g/mol. The summed E-state index contributed by atoms with van der Waals surface area (Å²) in [7, 11) is 0. The normalized spacial score (nSPS) is 10.3. The van der Waals surface area contributed by atoms with Crippen molar-refractivity contribution in [3.05, 3.63) is 29.5 Å². The molecule has 1 N–H and O–H groups in total. The van der Waals surface area contributed by atoms with Crippen molar-refractivity contribution in [1.82, 2.24) is 9.97 Å². The molecule has 2 aromatic rings. The highest BCUT2D eigenvalue weighted by Crippen LogP contribution is 2.24. The topological polar surface area (TPSA) is 72.3 Å². The molecule has 0 saturated heterocycles. The van der Waals surface area contributed by atoms with Gasteiger partial charge in [0.15, 0.2) is 6.61 Å². The molecule has 6 heteroatoms. The number of hydrogen-bond donors (Lipinski definition) is 1. The first-order valence-corrected chi connectivity index (χ1v) is 4.79. The van der Waals surface area contributed by atoms with E-state index in [1.807, 2.05) is 0 Å². The van der Waals surface area contributed by atoms with E-state index in [2.05, 4.69) is 9.97 Å². The Morgan fingerprint density at radius 2 is 2.25 bits per heavy atom. The van der Waals surface area contributed by atoms with Gasteiger partial charge in [-0.25, -0.2) is 14.8 Å². The molecular formula is C10H7ClN2O3. The fraction of sp³-hybridized carbons (Fsp3) is 0.100. The van der Waals surface area contributed by atoms with Crippen LogP contribution in [0.25, 0.3) is 10.9 Å². The summed E-state index contributed by atoms with van der Waals surface area (Å²) in [6.07, 6.45) is 1.31. The molecule has 0 spiro atoms. The molecule has 0 aliphatic carbocycles. The number of ether oxygens (including phenoxy) is 1. The Kier molecular flexibility index (Phi) is 2.87. The SMILES string of the molecule is O=C(O)COc1ncnc2ccc(Cl)cc12. The lowest BCUT2D eigenvalue weighted by molar-refractivity contribution is -0.139. The summed E-state index contributed by atoms with van der Waals surface area (Å²) in [5.74, 6) is -0.844. The summed E-state index contributed by atoms with van der Waals surface area (Å²) >= 11 is 5.83. The number of fused-ring (bicyclic) bond motifs is 1. The van der Waals surface area contributed by atoms with Crippen molar-refractivity contribution in [2.24, 2.45) is 0 Å². The Morgan fingerprint density at radius 3 is 3.00 bits per heavy atom. The van der Waals surface area contributed by atoms with E-state index in [9.17, 15) is 4.79 Å². The van der Waals surface area contributed by atoms with Crippen LogP contribution in [0.2, 0.25) is 5.02 Å². The smallest absolute Gasteiger partial charge is 0.341 e. The Morgan fingerprint density at radius 1 is 1.44 bits per heavy atom.